The van der Waals surface area contributed by atoms with Crippen LogP contribution >= 0.6 is 0 Å². The van der Waals surface area contributed by atoms with Crippen molar-refractivity contribution in [3.05, 3.63) is 66.4 Å². The molecule has 0 bridgehead atoms. The number of hydrogen-bond donors (Lipinski definition) is 0. The van der Waals surface area contributed by atoms with Gasteiger partial charge in [0.05, 0.1) is 0 Å². The zero-order chi connectivity index (χ0) is 13.1. The summed E-state index contributed by atoms with van der Waals surface area (Å²) in [7, 11) is 0. The van der Waals surface area contributed by atoms with E-state index in [-0.39, 0.29) is 11.7 Å². The van der Waals surface area contributed by atoms with Gasteiger partial charge in [-0.05, 0) is 18.6 Å². The summed E-state index contributed by atoms with van der Waals surface area (Å²) in [4.78, 5) is 4.38. The van der Waals surface area contributed by atoms with E-state index in [4.69, 9.17) is 4.42 Å². The van der Waals surface area contributed by atoms with Crippen LogP contribution in [0.15, 0.2) is 59.1 Å². The van der Waals surface area contributed by atoms with E-state index in [1.54, 1.807) is 6.07 Å². The van der Waals surface area contributed by atoms with Crippen LogP contribution in [0.25, 0.3) is 11.1 Å². The molecule has 2 nitrogen and oxygen atoms in total. The fourth-order valence-corrected chi connectivity index (χ4v) is 2.13. The van der Waals surface area contributed by atoms with Crippen LogP contribution in [0.3, 0.4) is 0 Å². The molecule has 1 aromatic carbocycles. The third-order valence-electron chi connectivity index (χ3n) is 3.07. The molecule has 1 heterocycles. The van der Waals surface area contributed by atoms with E-state index < -0.39 is 0 Å². The van der Waals surface area contributed by atoms with Crippen molar-refractivity contribution in [1.29, 1.82) is 0 Å². The van der Waals surface area contributed by atoms with E-state index >= 15 is 0 Å². The van der Waals surface area contributed by atoms with Crippen LogP contribution in [0.4, 0.5) is 4.39 Å². The number of aromatic nitrogens is 1. The fourth-order valence-electron chi connectivity index (χ4n) is 2.13. The van der Waals surface area contributed by atoms with Gasteiger partial charge in [0.1, 0.15) is 11.3 Å². The second-order valence-electron chi connectivity index (χ2n) is 4.56. The van der Waals surface area contributed by atoms with Crippen LogP contribution in [0.1, 0.15) is 12.3 Å². The molecular formula is C16H14FNO. The molecular weight excluding hydrogens is 241 g/mol. The lowest BCUT2D eigenvalue weighted by molar-refractivity contribution is 0.509. The Balaban J connectivity index is 1.84. The number of halogens is 1. The average Bonchev–Trinajstić information content (AvgIpc) is 2.74. The van der Waals surface area contributed by atoms with Gasteiger partial charge in [-0.3, -0.25) is 0 Å². The Kier molecular flexibility index (Phi) is 3.27. The molecule has 0 amide bonds. The van der Waals surface area contributed by atoms with Gasteiger partial charge in [-0.1, -0.05) is 36.5 Å². The first-order valence-electron chi connectivity index (χ1n) is 6.36. The Bertz CT molecular complexity index is 666. The zero-order valence-corrected chi connectivity index (χ0v) is 10.4. The third kappa shape index (κ3) is 2.81. The smallest absolute Gasteiger partial charge is 0.196 e. The molecule has 0 aliphatic heterocycles. The normalized spacial score (nSPS) is 22.1. The minimum absolute atomic E-state index is 0.267. The maximum absolute atomic E-state index is 13.1. The second kappa shape index (κ2) is 5.22. The molecule has 1 atom stereocenters. The SMILES string of the molecule is Fc1ccc2nc(CC3C=CC/C=C\C=C/3)oc2c1. The number of oxazole rings is 1. The van der Waals surface area contributed by atoms with Crippen molar-refractivity contribution in [2.24, 2.45) is 5.92 Å². The summed E-state index contributed by atoms with van der Waals surface area (Å²) in [5.74, 6) is 0.610. The first-order valence-corrected chi connectivity index (χ1v) is 6.36. The molecule has 0 spiro atoms. The molecule has 19 heavy (non-hydrogen) atoms. The third-order valence-corrected chi connectivity index (χ3v) is 3.07. The van der Waals surface area contributed by atoms with E-state index in [1.807, 2.05) is 12.2 Å². The first-order chi connectivity index (χ1) is 9.31. The van der Waals surface area contributed by atoms with Gasteiger partial charge in [-0.25, -0.2) is 9.37 Å². The molecule has 1 aromatic heterocycles. The Hall–Kier alpha value is -2.16. The summed E-state index contributed by atoms with van der Waals surface area (Å²) >= 11 is 0. The minimum atomic E-state index is -0.300. The molecule has 0 fully saturated rings. The lowest BCUT2D eigenvalue weighted by Gasteiger charge is -2.05. The fraction of sp³-hybridized carbons (Fsp3) is 0.188. The highest BCUT2D eigenvalue weighted by atomic mass is 19.1. The molecule has 0 N–H and O–H groups in total. The van der Waals surface area contributed by atoms with E-state index in [9.17, 15) is 4.39 Å². The van der Waals surface area contributed by atoms with Gasteiger partial charge >= 0.3 is 0 Å². The van der Waals surface area contributed by atoms with Crippen LogP contribution in [-0.2, 0) is 6.42 Å². The highest BCUT2D eigenvalue weighted by molar-refractivity contribution is 5.72. The maximum Gasteiger partial charge on any atom is 0.196 e. The molecule has 2 aromatic rings. The maximum atomic E-state index is 13.1. The summed E-state index contributed by atoms with van der Waals surface area (Å²) < 4.78 is 18.7. The predicted molar refractivity (Wildman–Crippen MR) is 73.2 cm³/mol. The zero-order valence-electron chi connectivity index (χ0n) is 10.4. The summed E-state index contributed by atoms with van der Waals surface area (Å²) in [6.07, 6.45) is 14.2. The molecule has 0 radical (unpaired) electrons. The highest BCUT2D eigenvalue weighted by Gasteiger charge is 2.10. The van der Waals surface area contributed by atoms with Crippen molar-refractivity contribution in [3.63, 3.8) is 0 Å². The molecule has 1 unspecified atom stereocenters. The summed E-state index contributed by atoms with van der Waals surface area (Å²) in [6.45, 7) is 0. The predicted octanol–water partition coefficient (Wildman–Crippen LogP) is 4.20. The Morgan fingerprint density at radius 2 is 2.16 bits per heavy atom. The van der Waals surface area contributed by atoms with Gasteiger partial charge in [0.2, 0.25) is 0 Å². The molecule has 0 saturated carbocycles. The lowest BCUT2D eigenvalue weighted by Crippen LogP contribution is -1.98. The monoisotopic (exact) mass is 255 g/mol. The van der Waals surface area contributed by atoms with Crippen molar-refractivity contribution in [2.45, 2.75) is 12.8 Å². The number of fused-ring (bicyclic) bond motifs is 1. The standard InChI is InChI=1S/C16H14FNO/c17-13-8-9-14-15(11-13)19-16(18-14)10-12-6-4-2-1-3-5-7-12/h1-2,4-9,11-12H,3,10H2/b2-1-,6-4-,7-5?. The number of allylic oxidation sites excluding steroid dienone is 6. The van der Waals surface area contributed by atoms with E-state index in [2.05, 4.69) is 29.3 Å². The van der Waals surface area contributed by atoms with Gasteiger partial charge in [0.25, 0.3) is 0 Å². The topological polar surface area (TPSA) is 26.0 Å². The van der Waals surface area contributed by atoms with Crippen molar-refractivity contribution >= 4 is 11.1 Å². The van der Waals surface area contributed by atoms with Crippen molar-refractivity contribution in [3.8, 4) is 0 Å². The molecule has 0 saturated heterocycles. The van der Waals surface area contributed by atoms with E-state index in [1.165, 1.54) is 12.1 Å². The van der Waals surface area contributed by atoms with Crippen LogP contribution < -0.4 is 0 Å². The largest absolute Gasteiger partial charge is 0.441 e. The number of hydrogen-bond acceptors (Lipinski definition) is 2. The van der Waals surface area contributed by atoms with Crippen molar-refractivity contribution in [1.82, 2.24) is 4.98 Å². The summed E-state index contributed by atoms with van der Waals surface area (Å²) in [5.41, 5.74) is 1.21. The number of benzene rings is 1. The molecule has 3 rings (SSSR count). The van der Waals surface area contributed by atoms with Crippen LogP contribution in [0, 0.1) is 11.7 Å². The molecule has 1 aliphatic rings. The van der Waals surface area contributed by atoms with E-state index in [0.717, 1.165) is 6.42 Å². The number of rotatable bonds is 2. The number of nitrogens with zero attached hydrogens (tertiary/aromatic N) is 1. The minimum Gasteiger partial charge on any atom is -0.441 e. The van der Waals surface area contributed by atoms with Crippen molar-refractivity contribution < 1.29 is 8.81 Å². The van der Waals surface area contributed by atoms with Gasteiger partial charge < -0.3 is 4.42 Å². The molecule has 1 aliphatic carbocycles. The Labute approximate surface area is 111 Å². The van der Waals surface area contributed by atoms with Crippen molar-refractivity contribution in [2.75, 3.05) is 0 Å². The van der Waals surface area contributed by atoms with E-state index in [0.29, 0.717) is 23.4 Å². The Morgan fingerprint density at radius 3 is 3.11 bits per heavy atom. The molecule has 3 heteroatoms. The van der Waals surface area contributed by atoms with Crippen LogP contribution in [-0.4, -0.2) is 4.98 Å². The Morgan fingerprint density at radius 1 is 1.21 bits per heavy atom. The van der Waals surface area contributed by atoms with Gasteiger partial charge in [0.15, 0.2) is 11.5 Å². The van der Waals surface area contributed by atoms with Crippen LogP contribution in [0.5, 0.6) is 0 Å². The quantitative estimate of drug-likeness (QED) is 0.752. The van der Waals surface area contributed by atoms with Crippen LogP contribution in [0.2, 0.25) is 0 Å². The summed E-state index contributed by atoms with van der Waals surface area (Å²) in [5, 5.41) is 0. The van der Waals surface area contributed by atoms with Gasteiger partial charge in [0, 0.05) is 18.4 Å². The van der Waals surface area contributed by atoms with Gasteiger partial charge in [-0.2, -0.15) is 0 Å². The average molecular weight is 255 g/mol. The summed E-state index contributed by atoms with van der Waals surface area (Å²) in [6, 6.07) is 4.41. The van der Waals surface area contributed by atoms with Gasteiger partial charge in [-0.15, -0.1) is 0 Å². The highest BCUT2D eigenvalue weighted by Crippen LogP contribution is 2.20. The lowest BCUT2D eigenvalue weighted by atomic mass is 10.0. The molecule has 96 valence electrons. The second-order valence-corrected chi connectivity index (χ2v) is 4.56. The first kappa shape index (κ1) is 11.9.